The summed E-state index contributed by atoms with van der Waals surface area (Å²) < 4.78 is 5.21. The highest BCUT2D eigenvalue weighted by atomic mass is 28.4. The molecular weight excluding hydrogens is 130 g/mol. The molecule has 0 rings (SSSR count). The summed E-state index contributed by atoms with van der Waals surface area (Å²) in [7, 11) is -1.42. The molecule has 9 heavy (non-hydrogen) atoms. The van der Waals surface area contributed by atoms with Gasteiger partial charge in [-0.1, -0.05) is 0 Å². The zero-order valence-electron chi connectivity index (χ0n) is 6.01. The molecule has 0 heterocycles. The summed E-state index contributed by atoms with van der Waals surface area (Å²) in [6, 6.07) is 0. The van der Waals surface area contributed by atoms with Crippen molar-refractivity contribution in [3.8, 4) is 0 Å². The molecule has 3 heteroatoms. The van der Waals surface area contributed by atoms with Crippen LogP contribution in [0.5, 0.6) is 0 Å². The van der Waals surface area contributed by atoms with Crippen molar-refractivity contribution in [3.05, 3.63) is 23.9 Å². The highest BCUT2D eigenvalue weighted by Crippen LogP contribution is 2.01. The van der Waals surface area contributed by atoms with Crippen molar-refractivity contribution in [1.29, 1.82) is 0 Å². The fourth-order valence-corrected chi connectivity index (χ4v) is 0.734. The van der Waals surface area contributed by atoms with Gasteiger partial charge >= 0.3 is 0 Å². The molecule has 0 fully saturated rings. The molecule has 0 spiro atoms. The van der Waals surface area contributed by atoms with E-state index in [1.807, 2.05) is 0 Å². The van der Waals surface area contributed by atoms with Gasteiger partial charge in [0.25, 0.3) is 0 Å². The third-order valence-electron chi connectivity index (χ3n) is 0.557. The highest BCUT2D eigenvalue weighted by molar-refractivity contribution is 6.69. The minimum absolute atomic E-state index is 1.33. The average Bonchev–Trinajstić information content (AvgIpc) is 1.63. The molecule has 0 saturated carbocycles. The van der Waals surface area contributed by atoms with Gasteiger partial charge in [0, 0.05) is 0 Å². The summed E-state index contributed by atoms with van der Waals surface area (Å²) in [6.07, 6.45) is 2.80. The van der Waals surface area contributed by atoms with Crippen LogP contribution >= 0.6 is 0 Å². The van der Waals surface area contributed by atoms with E-state index in [0.717, 1.165) is 0 Å². The lowest BCUT2D eigenvalue weighted by molar-refractivity contribution is 0.479. The molecule has 0 aromatic carbocycles. The van der Waals surface area contributed by atoms with E-state index in [0.29, 0.717) is 0 Å². The van der Waals surface area contributed by atoms with Crippen LogP contribution in [0.25, 0.3) is 4.85 Å². The van der Waals surface area contributed by atoms with Gasteiger partial charge < -0.3 is 4.43 Å². The summed E-state index contributed by atoms with van der Waals surface area (Å²) in [6.45, 7) is 12.6. The maximum absolute atomic E-state index is 6.38. The molecule has 0 radical (unpaired) electrons. The lowest BCUT2D eigenvalue weighted by Crippen LogP contribution is -2.21. The van der Waals surface area contributed by atoms with Crippen molar-refractivity contribution in [2.45, 2.75) is 19.6 Å². The Bertz CT molecular complexity index is 140. The zero-order valence-corrected chi connectivity index (χ0v) is 7.01. The van der Waals surface area contributed by atoms with Gasteiger partial charge in [0.1, 0.15) is 0 Å². The molecule has 2 nitrogen and oxygen atoms in total. The van der Waals surface area contributed by atoms with Crippen LogP contribution in [0.4, 0.5) is 0 Å². The van der Waals surface area contributed by atoms with E-state index < -0.39 is 8.32 Å². The van der Waals surface area contributed by atoms with E-state index in [1.54, 1.807) is 0 Å². The summed E-state index contributed by atoms with van der Waals surface area (Å²) in [5, 5.41) is 0. The molecule has 0 aliphatic rings. The maximum Gasteiger partial charge on any atom is 0.239 e. The average molecular weight is 141 g/mol. The van der Waals surface area contributed by atoms with Crippen molar-refractivity contribution in [3.63, 3.8) is 0 Å². The molecule has 0 aliphatic carbocycles. The molecule has 0 atom stereocenters. The molecule has 0 aliphatic heterocycles. The lowest BCUT2D eigenvalue weighted by Gasteiger charge is -2.14. The molecule has 50 valence electrons. The van der Waals surface area contributed by atoms with Crippen molar-refractivity contribution in [2.24, 2.45) is 0 Å². The second-order valence-electron chi connectivity index (χ2n) is 2.64. The number of nitrogens with zero attached hydrogens (tertiary/aromatic N) is 1. The molecule has 0 N–H and O–H groups in total. The van der Waals surface area contributed by atoms with Crippen LogP contribution < -0.4 is 0 Å². The fraction of sp³-hybridized carbons (Fsp3) is 0.500. The number of hydrogen-bond donors (Lipinski definition) is 0. The van der Waals surface area contributed by atoms with E-state index >= 15 is 0 Å². The van der Waals surface area contributed by atoms with Crippen LogP contribution in [0.3, 0.4) is 0 Å². The number of rotatable bonds is 2. The first-order chi connectivity index (χ1) is 4.06. The van der Waals surface area contributed by atoms with Crippen molar-refractivity contribution < 1.29 is 4.43 Å². The van der Waals surface area contributed by atoms with Gasteiger partial charge in [0.05, 0.1) is 12.8 Å². The minimum atomic E-state index is -1.42. The van der Waals surface area contributed by atoms with E-state index in [2.05, 4.69) is 24.5 Å². The van der Waals surface area contributed by atoms with Crippen LogP contribution in [-0.4, -0.2) is 8.32 Å². The highest BCUT2D eigenvalue weighted by Gasteiger charge is 2.12. The molecule has 0 bridgehead atoms. The first-order valence-corrected chi connectivity index (χ1v) is 6.16. The van der Waals surface area contributed by atoms with E-state index in [9.17, 15) is 0 Å². The third kappa shape index (κ3) is 7.25. The molecule has 0 aromatic heterocycles. The van der Waals surface area contributed by atoms with Gasteiger partial charge in [-0.2, -0.15) is 0 Å². The largest absolute Gasteiger partial charge is 0.559 e. The summed E-state index contributed by atoms with van der Waals surface area (Å²) in [5.74, 6) is 0. The van der Waals surface area contributed by atoms with Crippen LogP contribution in [0.15, 0.2) is 12.5 Å². The van der Waals surface area contributed by atoms with Gasteiger partial charge in [-0.3, -0.25) is 0 Å². The quantitative estimate of drug-likeness (QED) is 0.326. The van der Waals surface area contributed by atoms with Gasteiger partial charge in [0.15, 0.2) is 6.20 Å². The Hall–Kier alpha value is -0.753. The fourth-order valence-electron chi connectivity index (χ4n) is 0.265. The van der Waals surface area contributed by atoms with Crippen LogP contribution in [-0.2, 0) is 4.43 Å². The summed E-state index contributed by atoms with van der Waals surface area (Å²) >= 11 is 0. The monoisotopic (exact) mass is 141 g/mol. The van der Waals surface area contributed by atoms with Crippen molar-refractivity contribution in [2.75, 3.05) is 0 Å². The first-order valence-electron chi connectivity index (χ1n) is 2.75. The van der Waals surface area contributed by atoms with E-state index in [1.165, 1.54) is 12.5 Å². The Kier molecular flexibility index (Phi) is 3.03. The zero-order chi connectivity index (χ0) is 7.33. The second-order valence-corrected chi connectivity index (χ2v) is 7.10. The number of hydrogen-bond acceptors (Lipinski definition) is 1. The van der Waals surface area contributed by atoms with Crippen LogP contribution in [0, 0.1) is 6.57 Å². The molecule has 0 aromatic rings. The Labute approximate surface area is 57.1 Å². The minimum Gasteiger partial charge on any atom is -0.559 e. The van der Waals surface area contributed by atoms with Gasteiger partial charge in [-0.15, -0.1) is 0 Å². The van der Waals surface area contributed by atoms with E-state index in [4.69, 9.17) is 11.0 Å². The van der Waals surface area contributed by atoms with Crippen molar-refractivity contribution >= 4 is 8.32 Å². The maximum atomic E-state index is 6.38. The predicted molar refractivity (Wildman–Crippen MR) is 40.2 cm³/mol. The van der Waals surface area contributed by atoms with Gasteiger partial charge in [-0.25, -0.2) is 4.85 Å². The lowest BCUT2D eigenvalue weighted by atomic mass is 11.0. The topological polar surface area (TPSA) is 13.6 Å². The third-order valence-corrected chi connectivity index (χ3v) is 1.40. The van der Waals surface area contributed by atoms with E-state index in [-0.39, 0.29) is 0 Å². The van der Waals surface area contributed by atoms with Crippen LogP contribution in [0.2, 0.25) is 19.6 Å². The molecule has 0 amide bonds. The molecule has 0 unspecified atom stereocenters. The van der Waals surface area contributed by atoms with Crippen LogP contribution in [0.1, 0.15) is 0 Å². The van der Waals surface area contributed by atoms with Gasteiger partial charge in [-0.05, 0) is 19.6 Å². The SMILES string of the molecule is [C-]#[N+]/C=C/O[Si](C)(C)C. The Morgan fingerprint density at radius 3 is 2.33 bits per heavy atom. The standard InChI is InChI=1S/C6H11NOSi/c1-7-5-6-8-9(2,3)4/h5-6H,2-4H3/b6-5+. The Morgan fingerprint density at radius 1 is 1.44 bits per heavy atom. The molecular formula is C6H11NOSi. The Balaban J connectivity index is 3.54. The normalized spacial score (nSPS) is 11.3. The predicted octanol–water partition coefficient (Wildman–Crippen LogP) is 2.23. The Morgan fingerprint density at radius 2 is 2.00 bits per heavy atom. The van der Waals surface area contributed by atoms with Crippen molar-refractivity contribution in [1.82, 2.24) is 0 Å². The smallest absolute Gasteiger partial charge is 0.239 e. The summed E-state index contributed by atoms with van der Waals surface area (Å²) in [4.78, 5) is 3.01. The molecule has 0 saturated heterocycles. The summed E-state index contributed by atoms with van der Waals surface area (Å²) in [5.41, 5.74) is 0. The van der Waals surface area contributed by atoms with Gasteiger partial charge in [0.2, 0.25) is 8.32 Å². The second kappa shape index (κ2) is 3.31. The first kappa shape index (κ1) is 8.25.